The zero-order valence-electron chi connectivity index (χ0n) is 8.08. The molecule has 0 fully saturated rings. The Morgan fingerprint density at radius 3 is 3.00 bits per heavy atom. The summed E-state index contributed by atoms with van der Waals surface area (Å²) in [6, 6.07) is 6.77. The molecule has 1 amide bonds. The van der Waals surface area contributed by atoms with E-state index in [0.29, 0.717) is 15.6 Å². The first-order valence-corrected chi connectivity index (χ1v) is 5.03. The van der Waals surface area contributed by atoms with E-state index in [0.717, 1.165) is 0 Å². The van der Waals surface area contributed by atoms with Crippen molar-refractivity contribution in [3.8, 4) is 6.07 Å². The molecule has 0 spiro atoms. The molecule has 0 aromatic heterocycles. The molecule has 0 aliphatic rings. The summed E-state index contributed by atoms with van der Waals surface area (Å²) >= 11 is 11.7. The van der Waals surface area contributed by atoms with E-state index < -0.39 is 5.91 Å². The van der Waals surface area contributed by atoms with Gasteiger partial charge in [0.25, 0.3) is 5.91 Å². The van der Waals surface area contributed by atoms with E-state index in [2.05, 4.69) is 10.5 Å². The van der Waals surface area contributed by atoms with Crippen molar-refractivity contribution in [2.24, 2.45) is 5.10 Å². The molecule has 0 aliphatic heterocycles. The van der Waals surface area contributed by atoms with Crippen molar-refractivity contribution in [1.29, 1.82) is 5.26 Å². The van der Waals surface area contributed by atoms with Gasteiger partial charge >= 0.3 is 0 Å². The summed E-state index contributed by atoms with van der Waals surface area (Å²) in [6.07, 6.45) is 1.13. The number of benzene rings is 1. The number of hydrogen-bond donors (Lipinski definition) is 1. The Morgan fingerprint density at radius 2 is 2.31 bits per heavy atom. The Morgan fingerprint density at radius 1 is 1.56 bits per heavy atom. The third kappa shape index (κ3) is 3.54. The Bertz CT molecular complexity index is 466. The summed E-state index contributed by atoms with van der Waals surface area (Å²) in [5, 5.41) is 12.7. The van der Waals surface area contributed by atoms with Gasteiger partial charge in [0.05, 0.1) is 22.3 Å². The molecular weight excluding hydrogens is 249 g/mol. The average molecular weight is 256 g/mol. The monoisotopic (exact) mass is 255 g/mol. The fourth-order valence-electron chi connectivity index (χ4n) is 0.905. The molecule has 1 aromatic carbocycles. The van der Waals surface area contributed by atoms with Crippen molar-refractivity contribution in [1.82, 2.24) is 5.43 Å². The van der Waals surface area contributed by atoms with E-state index in [1.165, 1.54) is 6.21 Å². The van der Waals surface area contributed by atoms with Gasteiger partial charge in [-0.15, -0.1) is 0 Å². The number of amides is 1. The highest BCUT2D eigenvalue weighted by atomic mass is 35.5. The zero-order valence-corrected chi connectivity index (χ0v) is 9.59. The highest BCUT2D eigenvalue weighted by Gasteiger charge is 2.01. The molecule has 0 unspecified atom stereocenters. The normalized spacial score (nSPS) is 10.1. The molecule has 0 heterocycles. The molecule has 0 saturated carbocycles. The number of halogens is 2. The van der Waals surface area contributed by atoms with Crippen molar-refractivity contribution >= 4 is 35.3 Å². The van der Waals surface area contributed by atoms with Crippen LogP contribution in [0.1, 0.15) is 12.0 Å². The number of rotatable bonds is 3. The van der Waals surface area contributed by atoms with Gasteiger partial charge in [0.1, 0.15) is 6.42 Å². The van der Waals surface area contributed by atoms with Crippen molar-refractivity contribution in [3.63, 3.8) is 0 Å². The van der Waals surface area contributed by atoms with Crippen LogP contribution in [-0.2, 0) is 4.79 Å². The lowest BCUT2D eigenvalue weighted by atomic mass is 10.2. The Balaban J connectivity index is 2.67. The number of hydrazone groups is 1. The number of carbonyl (C=O) groups is 1. The van der Waals surface area contributed by atoms with Crippen LogP contribution >= 0.6 is 23.2 Å². The van der Waals surface area contributed by atoms with Gasteiger partial charge in [0, 0.05) is 5.56 Å². The molecule has 0 bridgehead atoms. The molecule has 6 heteroatoms. The van der Waals surface area contributed by atoms with Crippen LogP contribution in [0.2, 0.25) is 10.0 Å². The van der Waals surface area contributed by atoms with Gasteiger partial charge in [-0.3, -0.25) is 4.79 Å². The fraction of sp³-hybridized carbons (Fsp3) is 0.100. The minimum absolute atomic E-state index is 0.235. The second kappa shape index (κ2) is 6.11. The molecule has 16 heavy (non-hydrogen) atoms. The summed E-state index contributed by atoms with van der Waals surface area (Å²) in [6.45, 7) is 0. The molecule has 0 radical (unpaired) electrons. The largest absolute Gasteiger partial charge is 0.272 e. The lowest BCUT2D eigenvalue weighted by molar-refractivity contribution is -0.120. The van der Waals surface area contributed by atoms with Crippen LogP contribution in [0.4, 0.5) is 0 Å². The van der Waals surface area contributed by atoms with Crippen LogP contribution in [-0.4, -0.2) is 12.1 Å². The topological polar surface area (TPSA) is 65.2 Å². The van der Waals surface area contributed by atoms with Gasteiger partial charge in [-0.05, 0) is 6.07 Å². The zero-order chi connectivity index (χ0) is 12.0. The van der Waals surface area contributed by atoms with Crippen LogP contribution in [0.15, 0.2) is 23.3 Å². The molecule has 0 atom stereocenters. The number of hydrogen-bond acceptors (Lipinski definition) is 3. The van der Waals surface area contributed by atoms with Gasteiger partial charge in [0.15, 0.2) is 0 Å². The molecule has 1 aromatic rings. The molecular formula is C10H7Cl2N3O. The second-order valence-corrected chi connectivity index (χ2v) is 3.56. The summed E-state index contributed by atoms with van der Waals surface area (Å²) in [7, 11) is 0. The van der Waals surface area contributed by atoms with Gasteiger partial charge in [-0.1, -0.05) is 35.3 Å². The summed E-state index contributed by atoms with van der Waals surface area (Å²) in [5.74, 6) is -0.475. The fourth-order valence-corrected chi connectivity index (χ4v) is 1.26. The Hall–Kier alpha value is -1.57. The predicted octanol–water partition coefficient (Wildman–Crippen LogP) is 2.36. The van der Waals surface area contributed by atoms with E-state index in [1.807, 2.05) is 0 Å². The van der Waals surface area contributed by atoms with Crippen molar-refractivity contribution in [3.05, 3.63) is 33.8 Å². The summed E-state index contributed by atoms with van der Waals surface area (Å²) < 4.78 is 0. The predicted molar refractivity (Wildman–Crippen MR) is 62.4 cm³/mol. The molecule has 1 N–H and O–H groups in total. The maximum absolute atomic E-state index is 10.9. The first kappa shape index (κ1) is 12.5. The van der Waals surface area contributed by atoms with E-state index in [1.54, 1.807) is 24.3 Å². The van der Waals surface area contributed by atoms with Crippen molar-refractivity contribution in [2.75, 3.05) is 0 Å². The number of carbonyl (C=O) groups excluding carboxylic acids is 1. The molecule has 4 nitrogen and oxygen atoms in total. The third-order valence-corrected chi connectivity index (χ3v) is 2.45. The molecule has 0 saturated heterocycles. The molecule has 82 valence electrons. The van der Waals surface area contributed by atoms with Gasteiger partial charge in [-0.25, -0.2) is 5.43 Å². The quantitative estimate of drug-likeness (QED) is 0.666. The average Bonchev–Trinajstić information content (AvgIpc) is 2.25. The second-order valence-electron chi connectivity index (χ2n) is 2.77. The highest BCUT2D eigenvalue weighted by Crippen LogP contribution is 2.23. The summed E-state index contributed by atoms with van der Waals surface area (Å²) in [4.78, 5) is 10.9. The van der Waals surface area contributed by atoms with Crippen LogP contribution in [0, 0.1) is 11.3 Å². The maximum Gasteiger partial charge on any atom is 0.254 e. The van der Waals surface area contributed by atoms with Gasteiger partial charge in [0.2, 0.25) is 0 Å². The van der Waals surface area contributed by atoms with Crippen LogP contribution < -0.4 is 5.43 Å². The minimum atomic E-state index is -0.475. The number of nitriles is 1. The van der Waals surface area contributed by atoms with E-state index in [-0.39, 0.29) is 6.42 Å². The third-order valence-electron chi connectivity index (χ3n) is 1.61. The lowest BCUT2D eigenvalue weighted by Crippen LogP contribution is -2.16. The van der Waals surface area contributed by atoms with Crippen LogP contribution in [0.5, 0.6) is 0 Å². The standard InChI is InChI=1S/C10H7Cl2N3O/c11-8-3-1-2-7(10(8)12)6-14-15-9(16)4-5-13/h1-3,6H,4H2,(H,15,16)/b14-6+. The van der Waals surface area contributed by atoms with Gasteiger partial charge < -0.3 is 0 Å². The maximum atomic E-state index is 10.9. The van der Waals surface area contributed by atoms with Crippen LogP contribution in [0.25, 0.3) is 0 Å². The Kier molecular flexibility index (Phi) is 4.77. The van der Waals surface area contributed by atoms with E-state index in [9.17, 15) is 4.79 Å². The van der Waals surface area contributed by atoms with Crippen molar-refractivity contribution < 1.29 is 4.79 Å². The Labute approximate surface area is 102 Å². The van der Waals surface area contributed by atoms with Gasteiger partial charge in [-0.2, -0.15) is 10.4 Å². The first-order chi connectivity index (χ1) is 7.65. The summed E-state index contributed by atoms with van der Waals surface area (Å²) in [5.41, 5.74) is 2.77. The first-order valence-electron chi connectivity index (χ1n) is 4.28. The SMILES string of the molecule is N#CCC(=O)N/N=C/c1cccc(Cl)c1Cl. The molecule has 1 rings (SSSR count). The minimum Gasteiger partial charge on any atom is -0.272 e. The highest BCUT2D eigenvalue weighted by molar-refractivity contribution is 6.43. The van der Waals surface area contributed by atoms with Crippen LogP contribution in [0.3, 0.4) is 0 Å². The van der Waals surface area contributed by atoms with Crippen molar-refractivity contribution in [2.45, 2.75) is 6.42 Å². The van der Waals surface area contributed by atoms with E-state index >= 15 is 0 Å². The lowest BCUT2D eigenvalue weighted by Gasteiger charge is -1.99. The molecule has 0 aliphatic carbocycles. The van der Waals surface area contributed by atoms with E-state index in [4.69, 9.17) is 28.5 Å². The smallest absolute Gasteiger partial charge is 0.254 e. The number of nitrogens with one attached hydrogen (secondary N) is 1. The number of nitrogens with zero attached hydrogens (tertiary/aromatic N) is 2.